The number of benzene rings is 3. The monoisotopic (exact) mass is 933 g/mol. The van der Waals surface area contributed by atoms with Gasteiger partial charge in [-0.2, -0.15) is 13.2 Å². The Bertz CT molecular complexity index is 2520. The molecule has 2 fully saturated rings. The predicted octanol–water partition coefficient (Wildman–Crippen LogP) is 4.83. The van der Waals surface area contributed by atoms with Gasteiger partial charge in [-0.05, 0) is 92.6 Å². The first kappa shape index (κ1) is 47.8. The number of rotatable bonds is 18. The molecule has 2 saturated heterocycles. The molecule has 3 aromatic rings. The highest BCUT2D eigenvalue weighted by molar-refractivity contribution is 6.23. The Balaban J connectivity index is 0.804. The van der Waals surface area contributed by atoms with E-state index >= 15 is 0 Å². The van der Waals surface area contributed by atoms with Gasteiger partial charge in [0.05, 0.1) is 11.1 Å². The fraction of sp³-hybridized carbons (Fsp3) is 0.413. The second kappa shape index (κ2) is 19.7. The maximum absolute atomic E-state index is 13.8. The van der Waals surface area contributed by atoms with E-state index in [1.54, 1.807) is 18.2 Å². The first-order valence-electron chi connectivity index (χ1n) is 21.8. The Morgan fingerprint density at radius 1 is 0.851 bits per heavy atom. The number of ether oxygens (including phenoxy) is 1. The molecule has 3 aliphatic heterocycles. The van der Waals surface area contributed by atoms with Crippen molar-refractivity contribution in [2.75, 3.05) is 30.3 Å². The lowest BCUT2D eigenvalue weighted by molar-refractivity contribution is -0.187. The van der Waals surface area contributed by atoms with Gasteiger partial charge in [-0.15, -0.1) is 0 Å². The van der Waals surface area contributed by atoms with Crippen LogP contribution in [0.15, 0.2) is 60.7 Å². The topological polar surface area (TPSA) is 221 Å². The SMILES string of the molecule is C[C@H](N(Cc1ccc(F)cc1)C(=O)CN1C(=O)O[C@@]2(CCc3cc(NC(=O)CCCNC(=O)CCCCCNc4ccc5c(c4)C(=O)N(C4CCC(=O)NC4=O)C5=O)ccc32)C1=O)C(F)(F)F. The second-order valence-corrected chi connectivity index (χ2v) is 16.8. The van der Waals surface area contributed by atoms with Crippen LogP contribution < -0.4 is 21.3 Å². The van der Waals surface area contributed by atoms with Crippen LogP contribution in [0, 0.1) is 5.82 Å². The maximum atomic E-state index is 13.8. The van der Waals surface area contributed by atoms with E-state index in [0.717, 1.165) is 24.0 Å². The summed E-state index contributed by atoms with van der Waals surface area (Å²) in [6, 6.07) is 10.6. The van der Waals surface area contributed by atoms with Gasteiger partial charge in [0.1, 0.15) is 24.4 Å². The van der Waals surface area contributed by atoms with Crippen LogP contribution in [0.1, 0.15) is 102 Å². The molecule has 67 heavy (non-hydrogen) atoms. The lowest BCUT2D eigenvalue weighted by Gasteiger charge is -2.31. The average Bonchev–Trinajstić information content (AvgIpc) is 3.85. The molecule has 21 heteroatoms. The Morgan fingerprint density at radius 2 is 1.57 bits per heavy atom. The zero-order valence-electron chi connectivity index (χ0n) is 36.3. The molecule has 0 radical (unpaired) electrons. The molecule has 0 aromatic heterocycles. The standard InChI is InChI=1S/C46H47F4N7O10/c1-26(46(48,49)50)55(24-27-8-10-29(47)11-9-27)39(61)25-56-43(65)45(67-44(56)66)19-18-28-22-31(13-15-34(28)45)53-37(59)7-5-21-52-36(58)6-3-2-4-20-51-30-12-14-32-33(23-30)42(64)57(41(32)63)35-16-17-38(60)54-40(35)62/h8-15,22-23,26,35,51H,2-7,16-21,24-25H2,1H3,(H,52,58)(H,53,59)(H,54,60,62)/t26-,35?,45+/m0/s1. The first-order chi connectivity index (χ1) is 31.9. The molecule has 0 saturated carbocycles. The summed E-state index contributed by atoms with van der Waals surface area (Å²) in [5.74, 6) is -5.52. The first-order valence-corrected chi connectivity index (χ1v) is 21.8. The Kier molecular flexibility index (Phi) is 14.1. The molecule has 1 unspecified atom stereocenters. The molecule has 354 valence electrons. The predicted molar refractivity (Wildman–Crippen MR) is 228 cm³/mol. The van der Waals surface area contributed by atoms with Crippen molar-refractivity contribution in [1.29, 1.82) is 0 Å². The van der Waals surface area contributed by atoms with Crippen molar-refractivity contribution in [2.24, 2.45) is 0 Å². The molecule has 4 N–H and O–H groups in total. The normalized spacial score (nSPS) is 19.3. The molecule has 4 aliphatic rings. The molecule has 17 nitrogen and oxygen atoms in total. The van der Waals surface area contributed by atoms with Gasteiger partial charge >= 0.3 is 12.3 Å². The third kappa shape index (κ3) is 10.4. The third-order valence-electron chi connectivity index (χ3n) is 12.2. The number of hydrogen-bond acceptors (Lipinski definition) is 11. The van der Waals surface area contributed by atoms with Crippen LogP contribution in [-0.2, 0) is 52.1 Å². The Hall–Kier alpha value is -7.19. The number of fused-ring (bicyclic) bond motifs is 3. The van der Waals surface area contributed by atoms with Gasteiger partial charge in [0, 0.05) is 62.3 Å². The second-order valence-electron chi connectivity index (χ2n) is 16.8. The maximum Gasteiger partial charge on any atom is 0.418 e. The molecule has 3 atom stereocenters. The van der Waals surface area contributed by atoms with Crippen LogP contribution >= 0.6 is 0 Å². The van der Waals surface area contributed by atoms with Gasteiger partial charge in [-0.25, -0.2) is 14.1 Å². The summed E-state index contributed by atoms with van der Waals surface area (Å²) in [6.07, 6.45) is -2.97. The lowest BCUT2D eigenvalue weighted by atomic mass is 9.94. The fourth-order valence-corrected chi connectivity index (χ4v) is 8.55. The van der Waals surface area contributed by atoms with Crippen molar-refractivity contribution in [3.8, 4) is 0 Å². The highest BCUT2D eigenvalue weighted by Crippen LogP contribution is 2.46. The number of halogens is 4. The number of nitrogens with zero attached hydrogens (tertiary/aromatic N) is 3. The number of alkyl halides is 3. The van der Waals surface area contributed by atoms with Crippen molar-refractivity contribution < 1.29 is 65.4 Å². The molecule has 7 rings (SSSR count). The van der Waals surface area contributed by atoms with Crippen LogP contribution in [0.2, 0.25) is 0 Å². The van der Waals surface area contributed by atoms with E-state index in [9.17, 15) is 60.7 Å². The van der Waals surface area contributed by atoms with E-state index in [1.165, 1.54) is 30.3 Å². The van der Waals surface area contributed by atoms with Crippen molar-refractivity contribution in [2.45, 2.75) is 102 Å². The van der Waals surface area contributed by atoms with Crippen LogP contribution in [0.3, 0.4) is 0 Å². The molecular weight excluding hydrogens is 887 g/mol. The molecule has 0 bridgehead atoms. The smallest absolute Gasteiger partial charge is 0.418 e. The van der Waals surface area contributed by atoms with Gasteiger partial charge in [-0.3, -0.25) is 48.6 Å². The number of carbonyl (C=O) groups is 9. The van der Waals surface area contributed by atoms with Gasteiger partial charge in [0.15, 0.2) is 0 Å². The molecule has 3 heterocycles. The van der Waals surface area contributed by atoms with Crippen LogP contribution in [0.25, 0.3) is 0 Å². The number of unbranched alkanes of at least 4 members (excludes halogenated alkanes) is 2. The van der Waals surface area contributed by atoms with Gasteiger partial charge in [0.2, 0.25) is 35.1 Å². The van der Waals surface area contributed by atoms with Crippen molar-refractivity contribution in [1.82, 2.24) is 25.3 Å². The number of aryl methyl sites for hydroxylation is 1. The summed E-state index contributed by atoms with van der Waals surface area (Å²) < 4.78 is 60.4. The highest BCUT2D eigenvalue weighted by Gasteiger charge is 2.59. The Morgan fingerprint density at radius 3 is 2.30 bits per heavy atom. The summed E-state index contributed by atoms with van der Waals surface area (Å²) in [5.41, 5.74) is 0.667. The molecule has 1 aliphatic carbocycles. The average molecular weight is 934 g/mol. The summed E-state index contributed by atoms with van der Waals surface area (Å²) >= 11 is 0. The summed E-state index contributed by atoms with van der Waals surface area (Å²) in [7, 11) is 0. The number of carbonyl (C=O) groups excluding carboxylic acids is 9. The lowest BCUT2D eigenvalue weighted by Crippen LogP contribution is -2.54. The minimum absolute atomic E-state index is 0.00226. The van der Waals surface area contributed by atoms with Crippen LogP contribution in [0.4, 0.5) is 33.7 Å². The summed E-state index contributed by atoms with van der Waals surface area (Å²) in [5, 5.41) is 10.9. The molecule has 3 aromatic carbocycles. The Labute approximate surface area is 380 Å². The van der Waals surface area contributed by atoms with Crippen molar-refractivity contribution >= 4 is 64.7 Å². The zero-order chi connectivity index (χ0) is 48.2. The number of piperidine rings is 1. The number of nitrogens with one attached hydrogen (secondary N) is 4. The largest absolute Gasteiger partial charge is 0.427 e. The quantitative estimate of drug-likeness (QED) is 0.0769. The zero-order valence-corrected chi connectivity index (χ0v) is 36.3. The van der Waals surface area contributed by atoms with Gasteiger partial charge in [0.25, 0.3) is 17.7 Å². The minimum Gasteiger partial charge on any atom is -0.427 e. The van der Waals surface area contributed by atoms with E-state index in [1.807, 2.05) is 0 Å². The van der Waals surface area contributed by atoms with Crippen molar-refractivity contribution in [3.05, 3.63) is 94.3 Å². The molecule has 9 amide bonds. The molecular formula is C46H47F4N7O10. The summed E-state index contributed by atoms with van der Waals surface area (Å²) in [6.45, 7) is -0.0269. The van der Waals surface area contributed by atoms with E-state index in [-0.39, 0.29) is 73.6 Å². The van der Waals surface area contributed by atoms with E-state index in [2.05, 4.69) is 21.3 Å². The van der Waals surface area contributed by atoms with Crippen molar-refractivity contribution in [3.63, 3.8) is 0 Å². The number of amides is 9. The number of hydrogen-bond donors (Lipinski definition) is 4. The van der Waals surface area contributed by atoms with Gasteiger partial charge < -0.3 is 25.6 Å². The minimum atomic E-state index is -4.84. The van der Waals surface area contributed by atoms with E-state index < -0.39 is 84.3 Å². The van der Waals surface area contributed by atoms with Crippen LogP contribution in [0.5, 0.6) is 0 Å². The van der Waals surface area contributed by atoms with Gasteiger partial charge in [-0.1, -0.05) is 24.6 Å². The summed E-state index contributed by atoms with van der Waals surface area (Å²) in [4.78, 5) is 117. The number of imide groups is 3. The third-order valence-corrected chi connectivity index (χ3v) is 12.2. The number of anilines is 2. The van der Waals surface area contributed by atoms with Crippen LogP contribution in [-0.4, -0.2) is 106 Å². The molecule has 1 spiro atoms. The van der Waals surface area contributed by atoms with E-state index in [4.69, 9.17) is 4.74 Å². The fourth-order valence-electron chi connectivity index (χ4n) is 8.55. The van der Waals surface area contributed by atoms with E-state index in [0.29, 0.717) is 64.5 Å². The highest BCUT2D eigenvalue weighted by atomic mass is 19.4.